The second kappa shape index (κ2) is 7.12. The van der Waals surface area contributed by atoms with Crippen LogP contribution >= 0.6 is 12.4 Å². The monoisotopic (exact) mass is 294 g/mol. The van der Waals surface area contributed by atoms with Crippen LogP contribution in [0, 0.1) is 0 Å². The van der Waals surface area contributed by atoms with Crippen molar-refractivity contribution in [2.24, 2.45) is 0 Å². The van der Waals surface area contributed by atoms with Gasteiger partial charge in [0.05, 0.1) is 5.56 Å². The first kappa shape index (κ1) is 16.3. The molecule has 0 unspecified atom stereocenters. The number of nitrogens with zero attached hydrogens (tertiary/aromatic N) is 1. The van der Waals surface area contributed by atoms with Gasteiger partial charge in [0.25, 0.3) is 0 Å². The third kappa shape index (κ3) is 4.67. The first-order valence-corrected chi connectivity index (χ1v) is 6.15. The minimum atomic E-state index is -4.26. The number of nitrogens with one attached hydrogen (secondary N) is 1. The fourth-order valence-corrected chi connectivity index (χ4v) is 2.24. The SMILES string of the molecule is Cl.FC(F)(F)c1ccccc1CN1CCCNCC1. The van der Waals surface area contributed by atoms with Crippen molar-refractivity contribution in [2.75, 3.05) is 26.2 Å². The van der Waals surface area contributed by atoms with Crippen LogP contribution in [0.25, 0.3) is 0 Å². The molecular weight excluding hydrogens is 277 g/mol. The summed E-state index contributed by atoms with van der Waals surface area (Å²) >= 11 is 0. The molecule has 6 heteroatoms. The Balaban J connectivity index is 0.00000180. The Bertz CT molecular complexity index is 388. The van der Waals surface area contributed by atoms with Gasteiger partial charge in [-0.2, -0.15) is 13.2 Å². The summed E-state index contributed by atoms with van der Waals surface area (Å²) < 4.78 is 38.6. The van der Waals surface area contributed by atoms with E-state index in [1.165, 1.54) is 6.07 Å². The number of benzene rings is 1. The summed E-state index contributed by atoms with van der Waals surface area (Å²) in [5.41, 5.74) is -0.144. The predicted molar refractivity (Wildman–Crippen MR) is 71.5 cm³/mol. The second-order valence-corrected chi connectivity index (χ2v) is 4.53. The maximum atomic E-state index is 12.9. The summed E-state index contributed by atoms with van der Waals surface area (Å²) in [5, 5.41) is 3.24. The van der Waals surface area contributed by atoms with Crippen molar-refractivity contribution < 1.29 is 13.2 Å². The smallest absolute Gasteiger partial charge is 0.315 e. The van der Waals surface area contributed by atoms with Crippen molar-refractivity contribution in [3.05, 3.63) is 35.4 Å². The van der Waals surface area contributed by atoms with Crippen LogP contribution in [-0.4, -0.2) is 31.1 Å². The van der Waals surface area contributed by atoms with E-state index in [1.54, 1.807) is 12.1 Å². The molecule has 1 heterocycles. The highest BCUT2D eigenvalue weighted by atomic mass is 35.5. The molecule has 1 N–H and O–H groups in total. The number of hydrogen-bond donors (Lipinski definition) is 1. The molecule has 0 bridgehead atoms. The van der Waals surface area contributed by atoms with E-state index in [-0.39, 0.29) is 12.4 Å². The molecule has 0 aliphatic carbocycles. The van der Waals surface area contributed by atoms with E-state index in [1.807, 2.05) is 0 Å². The Morgan fingerprint density at radius 1 is 1.11 bits per heavy atom. The van der Waals surface area contributed by atoms with Crippen molar-refractivity contribution in [1.82, 2.24) is 10.2 Å². The van der Waals surface area contributed by atoms with E-state index < -0.39 is 11.7 Å². The van der Waals surface area contributed by atoms with Gasteiger partial charge in [-0.05, 0) is 31.1 Å². The highest BCUT2D eigenvalue weighted by Gasteiger charge is 2.33. The van der Waals surface area contributed by atoms with Gasteiger partial charge in [-0.25, -0.2) is 0 Å². The summed E-state index contributed by atoms with van der Waals surface area (Å²) in [4.78, 5) is 2.07. The van der Waals surface area contributed by atoms with Gasteiger partial charge in [-0.1, -0.05) is 18.2 Å². The van der Waals surface area contributed by atoms with Crippen molar-refractivity contribution in [3.8, 4) is 0 Å². The topological polar surface area (TPSA) is 15.3 Å². The van der Waals surface area contributed by atoms with Gasteiger partial charge in [0.2, 0.25) is 0 Å². The summed E-state index contributed by atoms with van der Waals surface area (Å²) in [6.07, 6.45) is -3.28. The molecule has 0 atom stereocenters. The van der Waals surface area contributed by atoms with Crippen LogP contribution in [0.4, 0.5) is 13.2 Å². The number of rotatable bonds is 2. The zero-order chi connectivity index (χ0) is 13.0. The lowest BCUT2D eigenvalue weighted by Gasteiger charge is -2.21. The van der Waals surface area contributed by atoms with Gasteiger partial charge in [0, 0.05) is 19.6 Å². The minimum Gasteiger partial charge on any atom is -0.315 e. The zero-order valence-corrected chi connectivity index (χ0v) is 11.4. The van der Waals surface area contributed by atoms with Crippen LogP contribution in [0.5, 0.6) is 0 Å². The van der Waals surface area contributed by atoms with E-state index >= 15 is 0 Å². The van der Waals surface area contributed by atoms with E-state index in [0.29, 0.717) is 12.1 Å². The molecule has 19 heavy (non-hydrogen) atoms. The third-order valence-electron chi connectivity index (χ3n) is 3.15. The molecule has 0 radical (unpaired) electrons. The molecule has 1 fully saturated rings. The van der Waals surface area contributed by atoms with Gasteiger partial charge in [0.1, 0.15) is 0 Å². The quantitative estimate of drug-likeness (QED) is 0.902. The number of halogens is 4. The van der Waals surface area contributed by atoms with Gasteiger partial charge < -0.3 is 5.32 Å². The molecule has 0 saturated carbocycles. The molecule has 2 nitrogen and oxygen atoms in total. The predicted octanol–water partition coefficient (Wildman–Crippen LogP) is 2.92. The van der Waals surface area contributed by atoms with Gasteiger partial charge in [-0.15, -0.1) is 12.4 Å². The molecule has 1 aliphatic heterocycles. The van der Waals surface area contributed by atoms with E-state index in [9.17, 15) is 13.2 Å². The van der Waals surface area contributed by atoms with Gasteiger partial charge in [0.15, 0.2) is 0 Å². The lowest BCUT2D eigenvalue weighted by atomic mass is 10.1. The summed E-state index contributed by atoms with van der Waals surface area (Å²) in [5.74, 6) is 0. The fraction of sp³-hybridized carbons (Fsp3) is 0.538. The summed E-state index contributed by atoms with van der Waals surface area (Å²) in [6.45, 7) is 3.80. The Morgan fingerprint density at radius 2 is 1.84 bits per heavy atom. The molecule has 1 aliphatic rings. The first-order valence-electron chi connectivity index (χ1n) is 6.15. The van der Waals surface area contributed by atoms with Crippen LogP contribution < -0.4 is 5.32 Å². The first-order chi connectivity index (χ1) is 8.57. The van der Waals surface area contributed by atoms with Crippen LogP contribution in [0.3, 0.4) is 0 Å². The van der Waals surface area contributed by atoms with Crippen molar-refractivity contribution in [2.45, 2.75) is 19.1 Å². The fourth-order valence-electron chi connectivity index (χ4n) is 2.24. The average Bonchev–Trinajstić information content (AvgIpc) is 2.57. The van der Waals surface area contributed by atoms with Crippen LogP contribution in [0.1, 0.15) is 17.5 Å². The van der Waals surface area contributed by atoms with Gasteiger partial charge in [-0.3, -0.25) is 4.90 Å². The van der Waals surface area contributed by atoms with Crippen molar-refractivity contribution >= 4 is 12.4 Å². The molecule has 108 valence electrons. The molecular formula is C13H18ClF3N2. The molecule has 1 saturated heterocycles. The lowest BCUT2D eigenvalue weighted by molar-refractivity contribution is -0.138. The largest absolute Gasteiger partial charge is 0.416 e. The molecule has 1 aromatic carbocycles. The van der Waals surface area contributed by atoms with E-state index in [4.69, 9.17) is 0 Å². The Kier molecular flexibility index (Phi) is 6.10. The highest BCUT2D eigenvalue weighted by Crippen LogP contribution is 2.32. The summed E-state index contributed by atoms with van der Waals surface area (Å²) in [6, 6.07) is 5.84. The standard InChI is InChI=1S/C13H17F3N2.ClH/c14-13(15,16)12-5-2-1-4-11(12)10-18-8-3-6-17-7-9-18;/h1-2,4-5,17H,3,6-10H2;1H. The summed E-state index contributed by atoms with van der Waals surface area (Å²) in [7, 11) is 0. The van der Waals surface area contributed by atoms with Crippen molar-refractivity contribution in [1.29, 1.82) is 0 Å². The normalized spacial score (nSPS) is 17.6. The van der Waals surface area contributed by atoms with Crippen LogP contribution in [-0.2, 0) is 12.7 Å². The Hall–Kier alpha value is -0.780. The molecule has 0 spiro atoms. The number of alkyl halides is 3. The van der Waals surface area contributed by atoms with Crippen LogP contribution in [0.15, 0.2) is 24.3 Å². The molecule has 2 rings (SSSR count). The lowest BCUT2D eigenvalue weighted by Crippen LogP contribution is -2.28. The average molecular weight is 295 g/mol. The maximum absolute atomic E-state index is 12.9. The third-order valence-corrected chi connectivity index (χ3v) is 3.15. The molecule has 1 aromatic rings. The van der Waals surface area contributed by atoms with Crippen molar-refractivity contribution in [3.63, 3.8) is 0 Å². The molecule has 0 amide bonds. The van der Waals surface area contributed by atoms with E-state index in [0.717, 1.165) is 38.7 Å². The molecule has 0 aromatic heterocycles. The Labute approximate surface area is 117 Å². The van der Waals surface area contributed by atoms with Crippen LogP contribution in [0.2, 0.25) is 0 Å². The Morgan fingerprint density at radius 3 is 2.58 bits per heavy atom. The number of hydrogen-bond acceptors (Lipinski definition) is 2. The maximum Gasteiger partial charge on any atom is 0.416 e. The minimum absolute atomic E-state index is 0. The van der Waals surface area contributed by atoms with Gasteiger partial charge >= 0.3 is 6.18 Å². The van der Waals surface area contributed by atoms with E-state index in [2.05, 4.69) is 10.2 Å². The second-order valence-electron chi connectivity index (χ2n) is 4.53. The zero-order valence-electron chi connectivity index (χ0n) is 10.5. The highest BCUT2D eigenvalue weighted by molar-refractivity contribution is 5.85.